The van der Waals surface area contributed by atoms with Crippen LogP contribution in [0.3, 0.4) is 0 Å². The number of aryl methyl sites for hydroxylation is 1. The standard InChI is InChI=1S/C26H33N5O5S/c1-16-7-8-17(11-23(16)31(28)14-20(27)18-9-10-36-15-18)25(32)29-21-12-19(26(2,3)4)13-22(24(21)35-5)30-37(6,33)34/h7-15,30H,27-28H2,1-6H3,(H,29,32)/b20-14-. The second-order valence-corrected chi connectivity index (χ2v) is 11.4. The van der Waals surface area contributed by atoms with Crippen LogP contribution in [0.4, 0.5) is 17.1 Å². The zero-order valence-electron chi connectivity index (χ0n) is 21.7. The lowest BCUT2D eigenvalue weighted by molar-refractivity contribution is 0.102. The van der Waals surface area contributed by atoms with Crippen LogP contribution in [0.15, 0.2) is 59.5 Å². The summed E-state index contributed by atoms with van der Waals surface area (Å²) >= 11 is 0. The maximum Gasteiger partial charge on any atom is 0.255 e. The van der Waals surface area contributed by atoms with Crippen molar-refractivity contribution in [3.8, 4) is 5.75 Å². The molecule has 0 unspecified atom stereocenters. The number of amides is 1. The minimum atomic E-state index is -3.60. The lowest BCUT2D eigenvalue weighted by Crippen LogP contribution is -2.27. The zero-order valence-corrected chi connectivity index (χ0v) is 22.6. The molecule has 0 aliphatic rings. The fourth-order valence-corrected chi connectivity index (χ4v) is 4.15. The summed E-state index contributed by atoms with van der Waals surface area (Å²) in [6.07, 6.45) is 5.59. The Bertz CT molecular complexity index is 1420. The van der Waals surface area contributed by atoms with Gasteiger partial charge in [0.25, 0.3) is 5.91 Å². The van der Waals surface area contributed by atoms with E-state index in [1.807, 2.05) is 27.7 Å². The van der Waals surface area contributed by atoms with Gasteiger partial charge in [0.15, 0.2) is 5.75 Å². The molecule has 0 aliphatic carbocycles. The van der Waals surface area contributed by atoms with Crippen LogP contribution in [0.25, 0.3) is 5.70 Å². The van der Waals surface area contributed by atoms with Crippen molar-refractivity contribution < 1.29 is 22.4 Å². The Labute approximate surface area is 217 Å². The summed E-state index contributed by atoms with van der Waals surface area (Å²) in [4.78, 5) is 13.3. The molecule has 0 fully saturated rings. The first-order valence-electron chi connectivity index (χ1n) is 11.4. The lowest BCUT2D eigenvalue weighted by atomic mass is 9.86. The molecule has 0 atom stereocenters. The lowest BCUT2D eigenvalue weighted by Gasteiger charge is -2.24. The van der Waals surface area contributed by atoms with Crippen LogP contribution in [0.1, 0.15) is 47.8 Å². The molecule has 11 heteroatoms. The number of nitrogens with zero attached hydrogens (tertiary/aromatic N) is 1. The van der Waals surface area contributed by atoms with Crippen molar-refractivity contribution in [3.05, 3.63) is 77.4 Å². The van der Waals surface area contributed by atoms with E-state index in [1.165, 1.54) is 30.8 Å². The van der Waals surface area contributed by atoms with Gasteiger partial charge in [0.2, 0.25) is 10.0 Å². The molecule has 0 saturated carbocycles. The molecule has 1 aromatic heterocycles. The quantitative estimate of drug-likeness (QED) is 0.252. The molecule has 10 nitrogen and oxygen atoms in total. The Morgan fingerprint density at radius 3 is 2.35 bits per heavy atom. The number of hydrogen-bond donors (Lipinski definition) is 4. The molecule has 198 valence electrons. The van der Waals surface area contributed by atoms with E-state index in [9.17, 15) is 13.2 Å². The first-order chi connectivity index (χ1) is 17.2. The summed E-state index contributed by atoms with van der Waals surface area (Å²) in [5, 5.41) is 4.19. The third-order valence-electron chi connectivity index (χ3n) is 5.58. The van der Waals surface area contributed by atoms with Gasteiger partial charge >= 0.3 is 0 Å². The molecule has 0 saturated heterocycles. The molecule has 0 aliphatic heterocycles. The van der Waals surface area contributed by atoms with E-state index in [0.29, 0.717) is 28.2 Å². The van der Waals surface area contributed by atoms with E-state index in [0.717, 1.165) is 17.4 Å². The van der Waals surface area contributed by atoms with Gasteiger partial charge in [-0.1, -0.05) is 26.8 Å². The highest BCUT2D eigenvalue weighted by Crippen LogP contribution is 2.39. The molecule has 3 aromatic rings. The molecule has 1 amide bonds. The summed E-state index contributed by atoms with van der Waals surface area (Å²) < 4.78 is 37.0. The van der Waals surface area contributed by atoms with Gasteiger partial charge in [-0.3, -0.25) is 14.5 Å². The first-order valence-corrected chi connectivity index (χ1v) is 13.2. The van der Waals surface area contributed by atoms with Gasteiger partial charge in [0.1, 0.15) is 0 Å². The minimum absolute atomic E-state index is 0.190. The molecule has 37 heavy (non-hydrogen) atoms. The van der Waals surface area contributed by atoms with Crippen LogP contribution in [0.2, 0.25) is 0 Å². The zero-order chi connectivity index (χ0) is 27.5. The maximum absolute atomic E-state index is 13.3. The average molecular weight is 528 g/mol. The molecule has 0 spiro atoms. The number of anilines is 3. The normalized spacial score (nSPS) is 12.2. The van der Waals surface area contributed by atoms with E-state index in [1.54, 1.807) is 36.4 Å². The van der Waals surface area contributed by atoms with E-state index in [2.05, 4.69) is 10.0 Å². The fourth-order valence-electron chi connectivity index (χ4n) is 3.60. The van der Waals surface area contributed by atoms with Crippen LogP contribution < -0.4 is 31.4 Å². The number of hydrogen-bond acceptors (Lipinski definition) is 8. The van der Waals surface area contributed by atoms with Gasteiger partial charge in [-0.15, -0.1) is 0 Å². The van der Waals surface area contributed by atoms with E-state index < -0.39 is 15.9 Å². The van der Waals surface area contributed by atoms with Crippen molar-refractivity contribution in [2.75, 3.05) is 28.4 Å². The second kappa shape index (κ2) is 10.6. The summed E-state index contributed by atoms with van der Waals surface area (Å²) in [5.41, 5.74) is 9.89. The number of hydrazine groups is 1. The number of nitrogens with two attached hydrogens (primary N) is 2. The van der Waals surface area contributed by atoms with Crippen molar-refractivity contribution in [1.29, 1.82) is 0 Å². The topological polar surface area (TPSA) is 153 Å². The van der Waals surface area contributed by atoms with Crippen molar-refractivity contribution >= 4 is 38.7 Å². The average Bonchev–Trinajstić information content (AvgIpc) is 3.32. The molecule has 2 aromatic carbocycles. The highest BCUT2D eigenvalue weighted by molar-refractivity contribution is 7.92. The number of benzene rings is 2. The number of methoxy groups -OCH3 is 1. The molecule has 3 rings (SSSR count). The van der Waals surface area contributed by atoms with Crippen LogP contribution in [0, 0.1) is 6.92 Å². The number of furan rings is 1. The summed E-state index contributed by atoms with van der Waals surface area (Å²) in [5.74, 6) is 6.00. The predicted octanol–water partition coefficient (Wildman–Crippen LogP) is 4.16. The Kier molecular flexibility index (Phi) is 7.89. The van der Waals surface area contributed by atoms with Crippen molar-refractivity contribution in [2.24, 2.45) is 11.6 Å². The van der Waals surface area contributed by atoms with E-state index in [4.69, 9.17) is 20.7 Å². The third kappa shape index (κ3) is 6.83. The van der Waals surface area contributed by atoms with Crippen LogP contribution >= 0.6 is 0 Å². The van der Waals surface area contributed by atoms with Crippen molar-refractivity contribution in [1.82, 2.24) is 0 Å². The second-order valence-electron chi connectivity index (χ2n) is 9.69. The maximum atomic E-state index is 13.3. The molecular weight excluding hydrogens is 494 g/mol. The Morgan fingerprint density at radius 2 is 1.78 bits per heavy atom. The van der Waals surface area contributed by atoms with Crippen LogP contribution in [-0.4, -0.2) is 27.7 Å². The Morgan fingerprint density at radius 1 is 1.11 bits per heavy atom. The van der Waals surface area contributed by atoms with Gasteiger partial charge in [-0.2, -0.15) is 0 Å². The Balaban J connectivity index is 1.99. The van der Waals surface area contributed by atoms with Crippen LogP contribution in [-0.2, 0) is 15.4 Å². The van der Waals surface area contributed by atoms with Crippen molar-refractivity contribution in [3.63, 3.8) is 0 Å². The first kappa shape index (κ1) is 27.6. The van der Waals surface area contributed by atoms with Gasteiger partial charge in [0.05, 0.1) is 48.7 Å². The summed E-state index contributed by atoms with van der Waals surface area (Å²) in [6.45, 7) is 7.80. The SMILES string of the molecule is COc1c(NC(=O)c2ccc(C)c(N(N)/C=C(\N)c3ccoc3)c2)cc(C(C)(C)C)cc1NS(C)(=O)=O. The monoisotopic (exact) mass is 527 g/mol. The van der Waals surface area contributed by atoms with Gasteiger partial charge < -0.3 is 20.2 Å². The minimum Gasteiger partial charge on any atom is -0.492 e. The van der Waals surface area contributed by atoms with Gasteiger partial charge in [-0.05, 0) is 53.8 Å². The Hall–Kier alpha value is -3.96. The molecule has 1 heterocycles. The number of rotatable bonds is 8. The summed E-state index contributed by atoms with van der Waals surface area (Å²) in [7, 11) is -2.19. The number of nitrogens with one attached hydrogen (secondary N) is 2. The molecule has 0 bridgehead atoms. The van der Waals surface area contributed by atoms with E-state index in [-0.39, 0.29) is 16.9 Å². The summed E-state index contributed by atoms with van der Waals surface area (Å²) in [6, 6.07) is 10.2. The number of ether oxygens (including phenoxy) is 1. The van der Waals surface area contributed by atoms with Crippen molar-refractivity contribution in [2.45, 2.75) is 33.1 Å². The van der Waals surface area contributed by atoms with Gasteiger partial charge in [0, 0.05) is 17.3 Å². The highest BCUT2D eigenvalue weighted by atomic mass is 32.2. The predicted molar refractivity (Wildman–Crippen MR) is 147 cm³/mol. The molecule has 0 radical (unpaired) electrons. The number of carbonyl (C=O) groups excluding carboxylic acids is 1. The van der Waals surface area contributed by atoms with Crippen LogP contribution in [0.5, 0.6) is 5.75 Å². The number of carbonyl (C=O) groups is 1. The molecular formula is C26H33N5O5S. The largest absolute Gasteiger partial charge is 0.492 e. The van der Waals surface area contributed by atoms with Gasteiger partial charge in [-0.25, -0.2) is 14.3 Å². The third-order valence-corrected chi connectivity index (χ3v) is 6.18. The van der Waals surface area contributed by atoms with E-state index >= 15 is 0 Å². The fraction of sp³-hybridized carbons (Fsp3) is 0.269. The molecule has 6 N–H and O–H groups in total. The smallest absolute Gasteiger partial charge is 0.255 e. The number of sulfonamides is 1. The highest BCUT2D eigenvalue weighted by Gasteiger charge is 2.23.